The number of carbonyl (C=O) groups is 1. The van der Waals surface area contributed by atoms with Crippen LogP contribution < -0.4 is 14.8 Å². The molecular weight excluding hydrogens is 414 g/mol. The largest absolute Gasteiger partial charge is 0.493 e. The van der Waals surface area contributed by atoms with Crippen molar-refractivity contribution in [2.24, 2.45) is 0 Å². The van der Waals surface area contributed by atoms with Crippen LogP contribution in [0.15, 0.2) is 36.4 Å². The summed E-state index contributed by atoms with van der Waals surface area (Å²) in [5.41, 5.74) is 1.83. The minimum Gasteiger partial charge on any atom is -0.493 e. The lowest BCUT2D eigenvalue weighted by atomic mass is 10.0. The number of esters is 1. The van der Waals surface area contributed by atoms with Gasteiger partial charge in [0.2, 0.25) is 0 Å². The van der Waals surface area contributed by atoms with E-state index >= 15 is 0 Å². The molecule has 2 heterocycles. The molecule has 31 heavy (non-hydrogen) atoms. The van der Waals surface area contributed by atoms with Crippen molar-refractivity contribution in [3.63, 3.8) is 0 Å². The zero-order valence-electron chi connectivity index (χ0n) is 18.0. The van der Waals surface area contributed by atoms with Crippen LogP contribution in [0.4, 0.5) is 5.82 Å². The van der Waals surface area contributed by atoms with Gasteiger partial charge in [0.05, 0.1) is 32.9 Å². The summed E-state index contributed by atoms with van der Waals surface area (Å²) in [6.45, 7) is 3.92. The molecule has 0 fully saturated rings. The number of nitrogens with one attached hydrogen (secondary N) is 1. The summed E-state index contributed by atoms with van der Waals surface area (Å²) < 4.78 is 16.8. The smallest absolute Gasteiger partial charge is 0.348 e. The highest BCUT2D eigenvalue weighted by Crippen LogP contribution is 2.36. The zero-order valence-corrected chi connectivity index (χ0v) is 18.8. The van der Waals surface area contributed by atoms with Gasteiger partial charge >= 0.3 is 5.97 Å². The molecule has 0 aliphatic heterocycles. The first-order chi connectivity index (χ1) is 14.9. The van der Waals surface area contributed by atoms with Gasteiger partial charge in [0, 0.05) is 16.2 Å². The number of thiophene rings is 1. The normalized spacial score (nSPS) is 12.0. The van der Waals surface area contributed by atoms with E-state index in [1.54, 1.807) is 14.2 Å². The van der Waals surface area contributed by atoms with Gasteiger partial charge in [-0.1, -0.05) is 12.1 Å². The number of anilines is 1. The molecule has 1 atom stereocenters. The molecule has 0 radical (unpaired) electrons. The fourth-order valence-corrected chi connectivity index (χ4v) is 4.64. The molecular formula is C23H23N3O4S. The Labute approximate surface area is 184 Å². The van der Waals surface area contributed by atoms with Gasteiger partial charge in [-0.2, -0.15) is 0 Å². The number of methoxy groups -OCH3 is 3. The molecule has 0 aliphatic rings. The summed E-state index contributed by atoms with van der Waals surface area (Å²) in [4.78, 5) is 21.7. The van der Waals surface area contributed by atoms with E-state index in [9.17, 15) is 4.79 Å². The zero-order chi connectivity index (χ0) is 22.1. The second kappa shape index (κ2) is 8.39. The maximum atomic E-state index is 12.0. The average Bonchev–Trinajstić information content (AvgIpc) is 3.21. The highest BCUT2D eigenvalue weighted by molar-refractivity contribution is 7.20. The van der Waals surface area contributed by atoms with E-state index in [1.165, 1.54) is 18.4 Å². The minimum absolute atomic E-state index is 0.0746. The van der Waals surface area contributed by atoms with Gasteiger partial charge < -0.3 is 19.5 Å². The van der Waals surface area contributed by atoms with E-state index in [1.807, 2.05) is 43.3 Å². The number of nitrogens with zero attached hydrogens (tertiary/aromatic N) is 2. The summed E-state index contributed by atoms with van der Waals surface area (Å²) >= 11 is 1.42. The van der Waals surface area contributed by atoms with E-state index in [0.717, 1.165) is 26.6 Å². The van der Waals surface area contributed by atoms with Crippen LogP contribution in [0.1, 0.15) is 34.0 Å². The maximum Gasteiger partial charge on any atom is 0.348 e. The first-order valence-electron chi connectivity index (χ1n) is 9.72. The van der Waals surface area contributed by atoms with Gasteiger partial charge in [-0.05, 0) is 43.0 Å². The molecule has 0 bridgehead atoms. The first-order valence-corrected chi connectivity index (χ1v) is 10.5. The Kier molecular flexibility index (Phi) is 5.65. The van der Waals surface area contributed by atoms with E-state index < -0.39 is 0 Å². The predicted molar refractivity (Wildman–Crippen MR) is 123 cm³/mol. The highest BCUT2D eigenvalue weighted by atomic mass is 32.1. The van der Waals surface area contributed by atoms with Gasteiger partial charge in [-0.3, -0.25) is 0 Å². The van der Waals surface area contributed by atoms with Crippen LogP contribution in [0.2, 0.25) is 0 Å². The number of aromatic nitrogens is 2. The second-order valence-corrected chi connectivity index (χ2v) is 8.15. The van der Waals surface area contributed by atoms with Crippen molar-refractivity contribution in [2.45, 2.75) is 19.9 Å². The van der Waals surface area contributed by atoms with Gasteiger partial charge in [-0.25, -0.2) is 14.8 Å². The number of fused-ring (bicyclic) bond motifs is 2. The Bertz CT molecular complexity index is 1290. The molecule has 1 N–H and O–H groups in total. The van der Waals surface area contributed by atoms with Gasteiger partial charge in [-0.15, -0.1) is 11.3 Å². The molecule has 0 saturated carbocycles. The standard InChI is InChI=1S/C23H23N3O4S/c1-12(14-7-6-8-20-15(14)10-21(31-20)23(27)30-5)24-22-16-9-18(28-3)19(29-4)11-17(16)25-13(2)26-22/h6-12H,1-5H3,(H,24,25,26). The number of benzene rings is 2. The lowest BCUT2D eigenvalue weighted by molar-refractivity contribution is 0.0606. The molecule has 4 rings (SSSR count). The molecule has 4 aromatic rings. The quantitative estimate of drug-likeness (QED) is 0.419. The van der Waals surface area contributed by atoms with Gasteiger partial charge in [0.1, 0.15) is 16.5 Å². The van der Waals surface area contributed by atoms with E-state index in [4.69, 9.17) is 14.2 Å². The summed E-state index contributed by atoms with van der Waals surface area (Å²) in [6, 6.07) is 11.6. The van der Waals surface area contributed by atoms with E-state index in [0.29, 0.717) is 28.0 Å². The SMILES string of the molecule is COC(=O)c1cc2c(C(C)Nc3nc(C)nc4cc(OC)c(OC)cc34)cccc2s1. The fraction of sp³-hybridized carbons (Fsp3) is 0.261. The van der Waals surface area contributed by atoms with Crippen molar-refractivity contribution in [3.05, 3.63) is 52.7 Å². The Balaban J connectivity index is 1.77. The van der Waals surface area contributed by atoms with Crippen LogP contribution in [-0.2, 0) is 4.74 Å². The van der Waals surface area contributed by atoms with Crippen LogP contribution in [0.25, 0.3) is 21.0 Å². The lowest BCUT2D eigenvalue weighted by Crippen LogP contribution is -2.10. The number of ether oxygens (including phenoxy) is 3. The molecule has 0 aliphatic carbocycles. The van der Waals surface area contributed by atoms with Crippen molar-refractivity contribution in [2.75, 3.05) is 26.6 Å². The third kappa shape index (κ3) is 3.86. The summed E-state index contributed by atoms with van der Waals surface area (Å²) in [5.74, 6) is 2.25. The molecule has 0 spiro atoms. The van der Waals surface area contributed by atoms with Crippen molar-refractivity contribution >= 4 is 44.1 Å². The molecule has 8 heteroatoms. The molecule has 1 unspecified atom stereocenters. The molecule has 0 saturated heterocycles. The topological polar surface area (TPSA) is 82.6 Å². The monoisotopic (exact) mass is 437 g/mol. The molecule has 160 valence electrons. The molecule has 0 amide bonds. The molecule has 7 nitrogen and oxygen atoms in total. The maximum absolute atomic E-state index is 12.0. The van der Waals surface area contributed by atoms with Crippen LogP contribution in [0.3, 0.4) is 0 Å². The van der Waals surface area contributed by atoms with Crippen LogP contribution >= 0.6 is 11.3 Å². The number of carbonyl (C=O) groups excluding carboxylic acids is 1. The van der Waals surface area contributed by atoms with Gasteiger partial charge in [0.25, 0.3) is 0 Å². The average molecular weight is 438 g/mol. The van der Waals surface area contributed by atoms with Crippen molar-refractivity contribution < 1.29 is 19.0 Å². The summed E-state index contributed by atoms with van der Waals surface area (Å²) in [5, 5.41) is 5.37. The van der Waals surface area contributed by atoms with Crippen LogP contribution in [-0.4, -0.2) is 37.3 Å². The van der Waals surface area contributed by atoms with Gasteiger partial charge in [0.15, 0.2) is 11.5 Å². The summed E-state index contributed by atoms with van der Waals surface area (Å²) in [6.07, 6.45) is 0. The molecule has 2 aromatic heterocycles. The van der Waals surface area contributed by atoms with Crippen molar-refractivity contribution in [3.8, 4) is 11.5 Å². The van der Waals surface area contributed by atoms with E-state index in [2.05, 4.69) is 22.2 Å². The fourth-order valence-electron chi connectivity index (χ4n) is 3.63. The summed E-state index contributed by atoms with van der Waals surface area (Å²) in [7, 11) is 4.59. The first kappa shape index (κ1) is 20.9. The second-order valence-electron chi connectivity index (χ2n) is 7.07. The Morgan fingerprint density at radius 2 is 1.77 bits per heavy atom. The van der Waals surface area contributed by atoms with Crippen LogP contribution in [0.5, 0.6) is 11.5 Å². The number of aryl methyl sites for hydroxylation is 1. The molecule has 2 aromatic carbocycles. The third-order valence-corrected chi connectivity index (χ3v) is 6.19. The number of hydrogen-bond donors (Lipinski definition) is 1. The third-order valence-electron chi connectivity index (χ3n) is 5.11. The minimum atomic E-state index is -0.328. The Hall–Kier alpha value is -3.39. The van der Waals surface area contributed by atoms with E-state index in [-0.39, 0.29) is 12.0 Å². The van der Waals surface area contributed by atoms with Crippen LogP contribution in [0, 0.1) is 6.92 Å². The number of hydrogen-bond acceptors (Lipinski definition) is 8. The van der Waals surface area contributed by atoms with Crippen molar-refractivity contribution in [1.29, 1.82) is 0 Å². The Morgan fingerprint density at radius 3 is 2.48 bits per heavy atom. The predicted octanol–water partition coefficient (Wildman–Crippen LogP) is 5.13. The highest BCUT2D eigenvalue weighted by Gasteiger charge is 2.18. The number of rotatable bonds is 6. The lowest BCUT2D eigenvalue weighted by Gasteiger charge is -2.18. The van der Waals surface area contributed by atoms with Crippen molar-refractivity contribution in [1.82, 2.24) is 9.97 Å². The Morgan fingerprint density at radius 1 is 1.03 bits per heavy atom.